The third kappa shape index (κ3) is 3.18. The highest BCUT2D eigenvalue weighted by Gasteiger charge is 2.47. The Bertz CT molecular complexity index is 845. The highest BCUT2D eigenvalue weighted by Crippen LogP contribution is 2.32. The van der Waals surface area contributed by atoms with Crippen molar-refractivity contribution >= 4 is 23.3 Å². The molecular weight excluding hydrogens is 326 g/mol. The molecule has 26 heavy (non-hydrogen) atoms. The number of para-hydroxylation sites is 1. The maximum atomic E-state index is 12.9. The molecule has 3 rings (SSSR count). The summed E-state index contributed by atoms with van der Waals surface area (Å²) in [6.45, 7) is 2.27. The molecule has 5 nitrogen and oxygen atoms in total. The molecule has 1 unspecified atom stereocenters. The first kappa shape index (κ1) is 18.0. The number of hydrogen-bond donors (Lipinski definition) is 1. The van der Waals surface area contributed by atoms with Gasteiger partial charge in [0.15, 0.2) is 12.2 Å². The van der Waals surface area contributed by atoms with E-state index in [9.17, 15) is 9.59 Å². The van der Waals surface area contributed by atoms with Gasteiger partial charge in [-0.3, -0.25) is 4.99 Å². The van der Waals surface area contributed by atoms with Crippen LogP contribution in [0.25, 0.3) is 0 Å². The highest BCUT2D eigenvalue weighted by molar-refractivity contribution is 6.16. The summed E-state index contributed by atoms with van der Waals surface area (Å²) in [7, 11) is 0. The number of aliphatic imine (C=N–C) groups is 1. The number of rotatable bonds is 5. The standard InChI is InChI=1S/C21H23N3O2/c1-2-14-24(21(22)26)19-11-7-6-10-17(19)18(23-15-20(24)25)13-12-16-8-4-3-5-9-16/h3-11H,2,12-15H2,1H3,(H-,22,26)/p+1. The molecule has 0 saturated heterocycles. The van der Waals surface area contributed by atoms with E-state index in [0.717, 1.165) is 17.7 Å². The molecule has 0 spiro atoms. The summed E-state index contributed by atoms with van der Waals surface area (Å²) in [5, 5.41) is 0. The van der Waals surface area contributed by atoms with Crippen molar-refractivity contribution in [2.75, 3.05) is 13.1 Å². The van der Waals surface area contributed by atoms with E-state index >= 15 is 0 Å². The minimum absolute atomic E-state index is 0.0260. The van der Waals surface area contributed by atoms with Gasteiger partial charge in [0, 0.05) is 11.8 Å². The number of fused-ring (bicyclic) bond motifs is 1. The second-order valence-corrected chi connectivity index (χ2v) is 6.53. The summed E-state index contributed by atoms with van der Waals surface area (Å²) < 4.78 is -0.453. The number of hydrogen-bond acceptors (Lipinski definition) is 3. The zero-order chi connectivity index (χ0) is 18.6. The Hall–Kier alpha value is -2.79. The van der Waals surface area contributed by atoms with Crippen LogP contribution >= 0.6 is 0 Å². The zero-order valence-electron chi connectivity index (χ0n) is 15.0. The van der Waals surface area contributed by atoms with Gasteiger partial charge in [-0.1, -0.05) is 49.4 Å². The molecule has 5 heteroatoms. The van der Waals surface area contributed by atoms with Crippen LogP contribution in [0, 0.1) is 0 Å². The van der Waals surface area contributed by atoms with Crippen LogP contribution in [0.4, 0.5) is 10.5 Å². The average molecular weight is 350 g/mol. The lowest BCUT2D eigenvalue weighted by Gasteiger charge is -2.30. The topological polar surface area (TPSA) is 72.5 Å². The van der Waals surface area contributed by atoms with E-state index in [0.29, 0.717) is 25.1 Å². The Morgan fingerprint density at radius 1 is 1.08 bits per heavy atom. The lowest BCUT2D eigenvalue weighted by atomic mass is 9.99. The third-order valence-corrected chi connectivity index (χ3v) is 4.89. The molecular formula is C21H24N3O2+. The molecule has 1 aliphatic rings. The number of benzodiazepines with no additional fused rings is 1. The number of nitrogens with zero attached hydrogens (tertiary/aromatic N) is 2. The molecule has 1 atom stereocenters. The lowest BCUT2D eigenvalue weighted by Crippen LogP contribution is -2.62. The smallest absolute Gasteiger partial charge is 0.318 e. The number of imide groups is 1. The third-order valence-electron chi connectivity index (χ3n) is 4.89. The molecule has 1 aliphatic heterocycles. The van der Waals surface area contributed by atoms with E-state index in [4.69, 9.17) is 5.73 Å². The van der Waals surface area contributed by atoms with E-state index in [1.165, 1.54) is 5.56 Å². The summed E-state index contributed by atoms with van der Waals surface area (Å²) in [6.07, 6.45) is 2.20. The molecule has 2 aromatic carbocycles. The molecule has 1 heterocycles. The molecule has 0 saturated carbocycles. The van der Waals surface area contributed by atoms with Crippen molar-refractivity contribution < 1.29 is 9.59 Å². The lowest BCUT2D eigenvalue weighted by molar-refractivity contribution is -0.126. The van der Waals surface area contributed by atoms with Gasteiger partial charge < -0.3 is 5.73 Å². The number of carbonyl (C=O) groups is 2. The Kier molecular flexibility index (Phi) is 5.28. The van der Waals surface area contributed by atoms with Crippen molar-refractivity contribution in [3.8, 4) is 0 Å². The zero-order valence-corrected chi connectivity index (χ0v) is 15.0. The van der Waals surface area contributed by atoms with E-state index in [-0.39, 0.29) is 12.5 Å². The Balaban J connectivity index is 2.02. The average Bonchev–Trinajstić information content (AvgIpc) is 2.77. The number of carbonyl (C=O) groups excluding carboxylic acids is 2. The number of nitrogens with two attached hydrogens (primary N) is 1. The van der Waals surface area contributed by atoms with E-state index in [1.807, 2.05) is 49.4 Å². The van der Waals surface area contributed by atoms with Crippen molar-refractivity contribution in [1.29, 1.82) is 0 Å². The van der Waals surface area contributed by atoms with E-state index < -0.39 is 10.5 Å². The fourth-order valence-electron chi connectivity index (χ4n) is 3.61. The number of quaternary nitrogens is 1. The SMILES string of the molecule is CCC[N+]1(C(N)=O)C(=O)CN=C(CCc2ccccc2)c2ccccc21. The normalized spacial score (nSPS) is 19.4. The summed E-state index contributed by atoms with van der Waals surface area (Å²) in [6, 6.07) is 17.1. The van der Waals surface area contributed by atoms with Crippen LogP contribution in [0.1, 0.15) is 30.9 Å². The molecule has 2 aromatic rings. The number of primary amides is 1. The minimum Gasteiger partial charge on any atom is -0.318 e. The van der Waals surface area contributed by atoms with Crippen LogP contribution in [0.15, 0.2) is 59.6 Å². The molecule has 3 amide bonds. The maximum absolute atomic E-state index is 12.9. The fourth-order valence-corrected chi connectivity index (χ4v) is 3.61. The van der Waals surface area contributed by atoms with Crippen LogP contribution < -0.4 is 10.2 Å². The summed E-state index contributed by atoms with van der Waals surface area (Å²) >= 11 is 0. The van der Waals surface area contributed by atoms with Gasteiger partial charge >= 0.3 is 11.9 Å². The van der Waals surface area contributed by atoms with Crippen molar-refractivity contribution in [3.63, 3.8) is 0 Å². The van der Waals surface area contributed by atoms with E-state index in [1.54, 1.807) is 0 Å². The van der Waals surface area contributed by atoms with Gasteiger partial charge in [0.1, 0.15) is 0 Å². The fraction of sp³-hybridized carbons (Fsp3) is 0.286. The first-order valence-electron chi connectivity index (χ1n) is 8.98. The van der Waals surface area contributed by atoms with Crippen molar-refractivity contribution in [3.05, 3.63) is 65.7 Å². The Morgan fingerprint density at radius 2 is 1.77 bits per heavy atom. The van der Waals surface area contributed by atoms with Crippen LogP contribution in [-0.4, -0.2) is 30.7 Å². The summed E-state index contributed by atoms with van der Waals surface area (Å²) in [5.41, 5.74) is 9.30. The highest BCUT2D eigenvalue weighted by atomic mass is 16.2. The monoisotopic (exact) mass is 350 g/mol. The molecule has 0 aromatic heterocycles. The van der Waals surface area contributed by atoms with Gasteiger partial charge in [-0.05, 0) is 30.9 Å². The van der Waals surface area contributed by atoms with Crippen molar-refractivity contribution in [2.24, 2.45) is 10.7 Å². The minimum atomic E-state index is -0.635. The second-order valence-electron chi connectivity index (χ2n) is 6.53. The van der Waals surface area contributed by atoms with E-state index in [2.05, 4.69) is 17.1 Å². The van der Waals surface area contributed by atoms with Crippen LogP contribution in [0.5, 0.6) is 0 Å². The molecule has 2 N–H and O–H groups in total. The van der Waals surface area contributed by atoms with Crippen molar-refractivity contribution in [2.45, 2.75) is 26.2 Å². The molecule has 0 fully saturated rings. The Morgan fingerprint density at radius 3 is 2.46 bits per heavy atom. The van der Waals surface area contributed by atoms with Crippen molar-refractivity contribution in [1.82, 2.24) is 4.48 Å². The van der Waals surface area contributed by atoms with Gasteiger partial charge in [0.2, 0.25) is 0 Å². The molecule has 0 bridgehead atoms. The Labute approximate surface area is 153 Å². The predicted octanol–water partition coefficient (Wildman–Crippen LogP) is 3.44. The maximum Gasteiger partial charge on any atom is 0.426 e. The molecule has 134 valence electrons. The first-order chi connectivity index (χ1) is 12.6. The van der Waals surface area contributed by atoms with Gasteiger partial charge in [-0.15, -0.1) is 4.48 Å². The summed E-state index contributed by atoms with van der Waals surface area (Å²) in [4.78, 5) is 29.9. The molecule has 0 aliphatic carbocycles. The van der Waals surface area contributed by atoms with Gasteiger partial charge in [0.05, 0.1) is 12.1 Å². The van der Waals surface area contributed by atoms with Gasteiger partial charge in [-0.25, -0.2) is 9.59 Å². The van der Waals surface area contributed by atoms with Crippen LogP contribution in [0.2, 0.25) is 0 Å². The number of amides is 3. The van der Waals surface area contributed by atoms with Crippen LogP contribution in [0.3, 0.4) is 0 Å². The quantitative estimate of drug-likeness (QED) is 0.839. The first-order valence-corrected chi connectivity index (χ1v) is 8.98. The van der Waals surface area contributed by atoms with Gasteiger partial charge in [0.25, 0.3) is 0 Å². The molecule has 0 radical (unpaired) electrons. The van der Waals surface area contributed by atoms with Crippen LogP contribution in [-0.2, 0) is 11.2 Å². The summed E-state index contributed by atoms with van der Waals surface area (Å²) in [5.74, 6) is -0.262. The second kappa shape index (κ2) is 7.62. The predicted molar refractivity (Wildman–Crippen MR) is 104 cm³/mol. The number of aryl methyl sites for hydroxylation is 1. The number of urea groups is 1. The largest absolute Gasteiger partial charge is 0.426 e. The number of benzene rings is 2. The van der Waals surface area contributed by atoms with Gasteiger partial charge in [-0.2, -0.15) is 0 Å².